The van der Waals surface area contributed by atoms with Crippen LogP contribution in [-0.2, 0) is 14.4 Å². The van der Waals surface area contributed by atoms with Crippen molar-refractivity contribution in [2.45, 2.75) is 25.6 Å². The van der Waals surface area contributed by atoms with E-state index in [0.717, 1.165) is 0 Å². The molecular weight excluding hydrogens is 263 g/mol. The molecule has 5 N–H and O–H groups in total. The summed E-state index contributed by atoms with van der Waals surface area (Å²) in [6, 6.07) is -1.08. The highest BCUT2D eigenvalue weighted by Gasteiger charge is 2.38. The number of carboxylic acids is 3. The first-order chi connectivity index (χ1) is 7.89. The summed E-state index contributed by atoms with van der Waals surface area (Å²) < 4.78 is 31.7. The standard InChI is InChI=1S/C6H11NO4.C2HF3O2/c1-3(5(8)9)2-4(7)6(10)11;3-2(4,5)1(6)7/h3-4H,2,7H2,1H3,(H,8,9)(H,10,11);(H,6,7)/t3-,4+;/m1./s1. The number of halogens is 3. The minimum atomic E-state index is -5.08. The molecule has 0 aliphatic carbocycles. The summed E-state index contributed by atoms with van der Waals surface area (Å²) in [5, 5.41) is 23.8. The molecule has 0 aliphatic rings. The molecule has 0 amide bonds. The van der Waals surface area contributed by atoms with Crippen molar-refractivity contribution in [1.29, 1.82) is 0 Å². The van der Waals surface area contributed by atoms with Crippen molar-refractivity contribution in [2.24, 2.45) is 11.7 Å². The Hall–Kier alpha value is -1.84. The van der Waals surface area contributed by atoms with Gasteiger partial charge in [0.2, 0.25) is 0 Å². The van der Waals surface area contributed by atoms with Crippen LogP contribution in [0.25, 0.3) is 0 Å². The molecule has 18 heavy (non-hydrogen) atoms. The van der Waals surface area contributed by atoms with Gasteiger partial charge in [0.25, 0.3) is 0 Å². The van der Waals surface area contributed by atoms with Crippen molar-refractivity contribution in [3.63, 3.8) is 0 Å². The molecule has 0 heterocycles. The maximum absolute atomic E-state index is 10.6. The minimum Gasteiger partial charge on any atom is -0.481 e. The van der Waals surface area contributed by atoms with Crippen LogP contribution < -0.4 is 5.73 Å². The lowest BCUT2D eigenvalue weighted by Gasteiger charge is -2.08. The summed E-state index contributed by atoms with van der Waals surface area (Å²) in [5.74, 6) is -5.66. The Morgan fingerprint density at radius 3 is 1.61 bits per heavy atom. The SMILES string of the molecule is C[C@H](C[C@H](N)C(=O)O)C(=O)O.O=C(O)C(F)(F)F. The molecule has 0 aromatic heterocycles. The first-order valence-electron chi connectivity index (χ1n) is 4.40. The number of hydrogen-bond donors (Lipinski definition) is 4. The van der Waals surface area contributed by atoms with Gasteiger partial charge in [0.15, 0.2) is 0 Å². The van der Waals surface area contributed by atoms with Crippen molar-refractivity contribution < 1.29 is 42.9 Å². The van der Waals surface area contributed by atoms with Crippen LogP contribution in [0.2, 0.25) is 0 Å². The van der Waals surface area contributed by atoms with Crippen LogP contribution >= 0.6 is 0 Å². The Labute approximate surface area is 99.0 Å². The Morgan fingerprint density at radius 1 is 1.11 bits per heavy atom. The second-order valence-electron chi connectivity index (χ2n) is 3.22. The van der Waals surface area contributed by atoms with E-state index in [1.807, 2.05) is 0 Å². The molecule has 106 valence electrons. The number of aliphatic carboxylic acids is 3. The summed E-state index contributed by atoms with van der Waals surface area (Å²) >= 11 is 0. The highest BCUT2D eigenvalue weighted by atomic mass is 19.4. The summed E-state index contributed by atoms with van der Waals surface area (Å²) in [7, 11) is 0. The van der Waals surface area contributed by atoms with Gasteiger partial charge in [-0.1, -0.05) is 6.92 Å². The van der Waals surface area contributed by atoms with E-state index >= 15 is 0 Å². The molecule has 0 spiro atoms. The zero-order valence-corrected chi connectivity index (χ0v) is 9.14. The highest BCUT2D eigenvalue weighted by molar-refractivity contribution is 5.75. The van der Waals surface area contributed by atoms with E-state index in [4.69, 9.17) is 25.8 Å². The summed E-state index contributed by atoms with van der Waals surface area (Å²) in [4.78, 5) is 29.2. The number of carbonyl (C=O) groups is 3. The fourth-order valence-electron chi connectivity index (χ4n) is 0.583. The third-order valence-corrected chi connectivity index (χ3v) is 1.59. The second kappa shape index (κ2) is 7.48. The zero-order chi connectivity index (χ0) is 15.1. The van der Waals surface area contributed by atoms with Gasteiger partial charge in [-0.25, -0.2) is 4.79 Å². The fourth-order valence-corrected chi connectivity index (χ4v) is 0.583. The van der Waals surface area contributed by atoms with E-state index in [0.29, 0.717) is 0 Å². The molecule has 0 saturated heterocycles. The third kappa shape index (κ3) is 9.39. The average molecular weight is 275 g/mol. The predicted molar refractivity (Wildman–Crippen MR) is 50.7 cm³/mol. The normalized spacial score (nSPS) is 13.8. The van der Waals surface area contributed by atoms with Gasteiger partial charge in [0.1, 0.15) is 6.04 Å². The van der Waals surface area contributed by atoms with Crippen molar-refractivity contribution in [3.8, 4) is 0 Å². The van der Waals surface area contributed by atoms with Gasteiger partial charge in [-0.15, -0.1) is 0 Å². The van der Waals surface area contributed by atoms with Crippen molar-refractivity contribution in [3.05, 3.63) is 0 Å². The van der Waals surface area contributed by atoms with Gasteiger partial charge < -0.3 is 21.1 Å². The Bertz CT molecular complexity index is 298. The molecule has 0 bridgehead atoms. The zero-order valence-electron chi connectivity index (χ0n) is 9.14. The first-order valence-corrected chi connectivity index (χ1v) is 4.40. The van der Waals surface area contributed by atoms with E-state index in [-0.39, 0.29) is 6.42 Å². The Kier molecular flexibility index (Phi) is 7.70. The molecule has 0 rings (SSSR count). The van der Waals surface area contributed by atoms with Gasteiger partial charge in [0, 0.05) is 0 Å². The second-order valence-corrected chi connectivity index (χ2v) is 3.22. The van der Waals surface area contributed by atoms with E-state index in [1.165, 1.54) is 6.92 Å². The maximum Gasteiger partial charge on any atom is 0.490 e. The molecule has 0 aliphatic heterocycles. The smallest absolute Gasteiger partial charge is 0.481 e. The van der Waals surface area contributed by atoms with E-state index in [2.05, 4.69) is 0 Å². The van der Waals surface area contributed by atoms with Crippen LogP contribution in [0.1, 0.15) is 13.3 Å². The van der Waals surface area contributed by atoms with Gasteiger partial charge in [-0.05, 0) is 6.42 Å². The summed E-state index contributed by atoms with van der Waals surface area (Å²) in [5.41, 5.74) is 5.09. The average Bonchev–Trinajstić information content (AvgIpc) is 2.16. The van der Waals surface area contributed by atoms with Crippen molar-refractivity contribution in [2.75, 3.05) is 0 Å². The van der Waals surface area contributed by atoms with Crippen LogP contribution in [0, 0.1) is 5.92 Å². The Morgan fingerprint density at radius 2 is 1.44 bits per heavy atom. The Balaban J connectivity index is 0. The predicted octanol–water partition coefficient (Wildman–Crippen LogP) is 0.142. The third-order valence-electron chi connectivity index (χ3n) is 1.59. The lowest BCUT2D eigenvalue weighted by atomic mass is 10.0. The molecule has 0 saturated carbocycles. The van der Waals surface area contributed by atoms with Crippen LogP contribution in [-0.4, -0.2) is 45.4 Å². The lowest BCUT2D eigenvalue weighted by molar-refractivity contribution is -0.192. The number of hydrogen-bond acceptors (Lipinski definition) is 4. The summed E-state index contributed by atoms with van der Waals surface area (Å²) in [6.07, 6.45) is -5.12. The molecule has 0 unspecified atom stereocenters. The van der Waals surface area contributed by atoms with E-state index < -0.39 is 36.0 Å². The number of nitrogens with two attached hydrogens (primary N) is 1. The van der Waals surface area contributed by atoms with Crippen molar-refractivity contribution >= 4 is 17.9 Å². The largest absolute Gasteiger partial charge is 0.490 e. The van der Waals surface area contributed by atoms with E-state index in [1.54, 1.807) is 0 Å². The molecule has 0 radical (unpaired) electrons. The molecule has 10 heteroatoms. The van der Waals surface area contributed by atoms with Gasteiger partial charge in [-0.3, -0.25) is 9.59 Å². The van der Waals surface area contributed by atoms with Gasteiger partial charge in [0.05, 0.1) is 5.92 Å². The first kappa shape index (κ1) is 18.5. The van der Waals surface area contributed by atoms with Crippen LogP contribution in [0.5, 0.6) is 0 Å². The quantitative estimate of drug-likeness (QED) is 0.572. The molecule has 7 nitrogen and oxygen atoms in total. The molecule has 2 atom stereocenters. The van der Waals surface area contributed by atoms with Gasteiger partial charge >= 0.3 is 24.1 Å². The molecular formula is C8H12F3NO6. The summed E-state index contributed by atoms with van der Waals surface area (Å²) in [6.45, 7) is 1.42. The highest BCUT2D eigenvalue weighted by Crippen LogP contribution is 2.13. The monoisotopic (exact) mass is 275 g/mol. The van der Waals surface area contributed by atoms with Crippen LogP contribution in [0.3, 0.4) is 0 Å². The number of carboxylic acid groups (broad SMARTS) is 3. The number of alkyl halides is 3. The lowest BCUT2D eigenvalue weighted by Crippen LogP contribution is -2.33. The maximum atomic E-state index is 10.6. The minimum absolute atomic E-state index is 0.0370. The van der Waals surface area contributed by atoms with Gasteiger partial charge in [-0.2, -0.15) is 13.2 Å². The molecule has 0 fully saturated rings. The van der Waals surface area contributed by atoms with E-state index in [9.17, 15) is 22.8 Å². The van der Waals surface area contributed by atoms with Crippen molar-refractivity contribution in [1.82, 2.24) is 0 Å². The van der Waals surface area contributed by atoms with Crippen LogP contribution in [0.15, 0.2) is 0 Å². The van der Waals surface area contributed by atoms with Crippen LogP contribution in [0.4, 0.5) is 13.2 Å². The number of rotatable bonds is 4. The molecule has 0 aromatic rings. The fraction of sp³-hybridized carbons (Fsp3) is 0.625. The topological polar surface area (TPSA) is 138 Å². The molecule has 0 aromatic carbocycles.